The van der Waals surface area contributed by atoms with Gasteiger partial charge in [0.1, 0.15) is 24.3 Å². The molecule has 10 heteroatoms. The first kappa shape index (κ1) is 24.4. The van der Waals surface area contributed by atoms with E-state index >= 15 is 0 Å². The molecule has 9 nitrogen and oxygen atoms in total. The van der Waals surface area contributed by atoms with Crippen LogP contribution in [0.3, 0.4) is 0 Å². The van der Waals surface area contributed by atoms with Crippen LogP contribution < -0.4 is 21.1 Å². The first-order valence-electron chi connectivity index (χ1n) is 11.9. The molecule has 2 aromatic carbocycles. The van der Waals surface area contributed by atoms with Crippen LogP contribution in [-0.4, -0.2) is 37.2 Å². The number of amides is 2. The molecule has 0 saturated heterocycles. The number of fused-ring (bicyclic) bond motifs is 1. The van der Waals surface area contributed by atoms with Crippen LogP contribution in [0.5, 0.6) is 5.75 Å². The van der Waals surface area contributed by atoms with Gasteiger partial charge in [0.25, 0.3) is 0 Å². The molecule has 2 amide bonds. The molecule has 2 atom stereocenters. The third-order valence-electron chi connectivity index (χ3n) is 6.32. The highest BCUT2D eigenvalue weighted by atomic mass is 19.1. The van der Waals surface area contributed by atoms with E-state index in [1.54, 1.807) is 36.5 Å². The van der Waals surface area contributed by atoms with Crippen molar-refractivity contribution in [3.8, 4) is 5.75 Å². The summed E-state index contributed by atoms with van der Waals surface area (Å²) in [5, 5.41) is 6.29. The zero-order chi connectivity index (χ0) is 25.8. The lowest BCUT2D eigenvalue weighted by molar-refractivity contribution is -0.122. The Hall–Kier alpha value is -4.31. The van der Waals surface area contributed by atoms with Crippen molar-refractivity contribution in [2.45, 2.75) is 25.7 Å². The molecular formula is C27H26FN5O4. The molecule has 0 fully saturated rings. The van der Waals surface area contributed by atoms with Crippen LogP contribution in [0.2, 0.25) is 0 Å². The lowest BCUT2D eigenvalue weighted by atomic mass is 9.96. The van der Waals surface area contributed by atoms with Crippen molar-refractivity contribution < 1.29 is 23.5 Å². The van der Waals surface area contributed by atoms with Gasteiger partial charge in [0.05, 0.1) is 24.8 Å². The minimum Gasteiger partial charge on any atom is -0.467 e. The third kappa shape index (κ3) is 5.29. The summed E-state index contributed by atoms with van der Waals surface area (Å²) in [6.07, 6.45) is 8.07. The minimum atomic E-state index is -0.725. The van der Waals surface area contributed by atoms with Crippen LogP contribution in [-0.2, 0) is 22.8 Å². The van der Waals surface area contributed by atoms with Gasteiger partial charge in [0.2, 0.25) is 11.8 Å². The van der Waals surface area contributed by atoms with Gasteiger partial charge in [-0.1, -0.05) is 12.2 Å². The topological polar surface area (TPSA) is 127 Å². The van der Waals surface area contributed by atoms with Crippen LogP contribution in [0.25, 0.3) is 0 Å². The number of allylic oxidation sites excluding steroid dienone is 3. The second-order valence-corrected chi connectivity index (χ2v) is 8.77. The number of nitrogens with one attached hydrogen (secondary N) is 2. The smallest absolute Gasteiger partial charge is 0.248 e. The number of hydrogen-bond acceptors (Lipinski definition) is 7. The molecule has 0 saturated carbocycles. The SMILES string of the molecule is NC(=O)c1ccc(NC(C2=NCC(C3=CCC=CC=N3)C(=O)N2)c2cc(CF)c3c(c2)COCO3)cc1. The number of hydrogen-bond donors (Lipinski definition) is 3. The lowest BCUT2D eigenvalue weighted by Gasteiger charge is -2.29. The first-order chi connectivity index (χ1) is 18.0. The summed E-state index contributed by atoms with van der Waals surface area (Å²) in [6, 6.07) is 9.54. The Morgan fingerprint density at radius 3 is 2.86 bits per heavy atom. The van der Waals surface area contributed by atoms with Crippen molar-refractivity contribution in [1.29, 1.82) is 0 Å². The molecule has 2 aromatic rings. The van der Waals surface area contributed by atoms with Gasteiger partial charge in [0, 0.05) is 28.6 Å². The molecule has 0 bridgehead atoms. The van der Waals surface area contributed by atoms with E-state index in [9.17, 15) is 14.0 Å². The molecule has 4 N–H and O–H groups in total. The summed E-state index contributed by atoms with van der Waals surface area (Å²) < 4.78 is 24.9. The van der Waals surface area contributed by atoms with Crippen molar-refractivity contribution >= 4 is 29.6 Å². The fraction of sp³-hybridized carbons (Fsp3) is 0.259. The number of benzene rings is 2. The maximum atomic E-state index is 14.0. The molecule has 0 spiro atoms. The maximum absolute atomic E-state index is 14.0. The van der Waals surface area contributed by atoms with E-state index in [1.165, 1.54) is 0 Å². The normalized spacial score (nSPS) is 19.5. The minimum absolute atomic E-state index is 0.0608. The molecule has 190 valence electrons. The van der Waals surface area contributed by atoms with Crippen LogP contribution in [0.1, 0.15) is 39.5 Å². The summed E-state index contributed by atoms with van der Waals surface area (Å²) in [4.78, 5) is 33.8. The van der Waals surface area contributed by atoms with E-state index in [1.807, 2.05) is 24.3 Å². The number of alkyl halides is 1. The molecular weight excluding hydrogens is 477 g/mol. The predicted molar refractivity (Wildman–Crippen MR) is 137 cm³/mol. The number of halogens is 1. The number of nitrogens with zero attached hydrogens (tertiary/aromatic N) is 2. The molecule has 0 aromatic heterocycles. The maximum Gasteiger partial charge on any atom is 0.248 e. The van der Waals surface area contributed by atoms with E-state index in [-0.39, 0.29) is 25.9 Å². The standard InChI is InChI=1S/C27H26FN5O4/c28-12-18-10-17(11-19-14-36-15-37-24(18)19)23(32-20-7-5-16(6-8-20)25(29)34)26-31-13-21(27(35)33-26)22-4-2-1-3-9-30-22/h1,3-11,21,23,32H,2,12-15H2,(H2,29,34)(H,31,33,35). The van der Waals surface area contributed by atoms with Gasteiger partial charge in [-0.2, -0.15) is 0 Å². The molecule has 3 aliphatic rings. The van der Waals surface area contributed by atoms with Crippen LogP contribution in [0.4, 0.5) is 10.1 Å². The van der Waals surface area contributed by atoms with E-state index in [2.05, 4.69) is 15.6 Å². The van der Waals surface area contributed by atoms with Crippen molar-refractivity contribution in [3.05, 3.63) is 82.6 Å². The van der Waals surface area contributed by atoms with Crippen LogP contribution >= 0.6 is 0 Å². The average molecular weight is 504 g/mol. The highest BCUT2D eigenvalue weighted by Gasteiger charge is 2.32. The van der Waals surface area contributed by atoms with Crippen molar-refractivity contribution in [3.63, 3.8) is 0 Å². The van der Waals surface area contributed by atoms with Gasteiger partial charge in [-0.05, 0) is 54.5 Å². The molecule has 5 rings (SSSR count). The van der Waals surface area contributed by atoms with Crippen molar-refractivity contribution in [1.82, 2.24) is 5.32 Å². The van der Waals surface area contributed by atoms with Gasteiger partial charge in [-0.15, -0.1) is 0 Å². The Morgan fingerprint density at radius 2 is 2.11 bits per heavy atom. The predicted octanol–water partition coefficient (Wildman–Crippen LogP) is 3.33. The van der Waals surface area contributed by atoms with Gasteiger partial charge in [-0.25, -0.2) is 4.39 Å². The molecule has 0 aliphatic carbocycles. The summed E-state index contributed by atoms with van der Waals surface area (Å²) in [6.45, 7) is -0.171. The van der Waals surface area contributed by atoms with E-state index in [4.69, 9.17) is 20.2 Å². The molecule has 37 heavy (non-hydrogen) atoms. The molecule has 3 heterocycles. The number of anilines is 1. The Balaban J connectivity index is 1.50. The number of nitrogens with two attached hydrogens (primary N) is 1. The van der Waals surface area contributed by atoms with Gasteiger partial charge in [-0.3, -0.25) is 19.6 Å². The number of aliphatic imine (C=N–C) groups is 2. The van der Waals surface area contributed by atoms with Crippen molar-refractivity contribution in [2.75, 3.05) is 18.7 Å². The van der Waals surface area contributed by atoms with Gasteiger partial charge >= 0.3 is 0 Å². The summed E-state index contributed by atoms with van der Waals surface area (Å²) in [7, 11) is 0. The highest BCUT2D eigenvalue weighted by molar-refractivity contribution is 6.06. The summed E-state index contributed by atoms with van der Waals surface area (Å²) in [5.74, 6) is -0.405. The Bertz CT molecular complexity index is 1320. The molecule has 0 radical (unpaired) electrons. The van der Waals surface area contributed by atoms with E-state index in [0.29, 0.717) is 51.6 Å². The summed E-state index contributed by atoms with van der Waals surface area (Å²) in [5.41, 5.74) is 8.82. The lowest BCUT2D eigenvalue weighted by Crippen LogP contribution is -2.46. The Kier molecular flexibility index (Phi) is 7.09. The largest absolute Gasteiger partial charge is 0.467 e. The van der Waals surface area contributed by atoms with Crippen molar-refractivity contribution in [2.24, 2.45) is 21.6 Å². The number of primary amides is 1. The fourth-order valence-corrected chi connectivity index (χ4v) is 4.46. The number of amidine groups is 1. The zero-order valence-electron chi connectivity index (χ0n) is 19.9. The fourth-order valence-electron chi connectivity index (χ4n) is 4.46. The Labute approximate surface area is 213 Å². The molecule has 2 unspecified atom stereocenters. The third-order valence-corrected chi connectivity index (χ3v) is 6.32. The quantitative estimate of drug-likeness (QED) is 0.534. The molecule has 3 aliphatic heterocycles. The average Bonchev–Trinajstić information content (AvgIpc) is 3.21. The van der Waals surface area contributed by atoms with Gasteiger partial charge < -0.3 is 25.8 Å². The summed E-state index contributed by atoms with van der Waals surface area (Å²) >= 11 is 0. The van der Waals surface area contributed by atoms with Gasteiger partial charge in [0.15, 0.2) is 6.79 Å². The Morgan fingerprint density at radius 1 is 1.27 bits per heavy atom. The highest BCUT2D eigenvalue weighted by Crippen LogP contribution is 2.34. The zero-order valence-corrected chi connectivity index (χ0v) is 19.9. The number of carbonyl (C=O) groups is 2. The number of ether oxygens (including phenoxy) is 2. The van der Waals surface area contributed by atoms with E-state index in [0.717, 1.165) is 0 Å². The first-order valence-corrected chi connectivity index (χ1v) is 11.9. The monoisotopic (exact) mass is 503 g/mol. The van der Waals surface area contributed by atoms with Crippen LogP contribution in [0, 0.1) is 5.92 Å². The number of carbonyl (C=O) groups excluding carboxylic acids is 2. The second kappa shape index (κ2) is 10.8. The number of rotatable bonds is 7. The van der Waals surface area contributed by atoms with Crippen LogP contribution in [0.15, 0.2) is 70.3 Å². The second-order valence-electron chi connectivity index (χ2n) is 8.77. The van der Waals surface area contributed by atoms with E-state index < -0.39 is 24.5 Å².